The monoisotopic (exact) mass is 617 g/mol. The molecule has 0 bridgehead atoms. The number of amides is 2. The molecule has 1 saturated carbocycles. The summed E-state index contributed by atoms with van der Waals surface area (Å²) in [5, 5.41) is 3.48. The molecule has 1 atom stereocenters. The fraction of sp³-hybridized carbons (Fsp3) is 0.394. The van der Waals surface area contributed by atoms with Crippen LogP contribution in [0.25, 0.3) is 10.2 Å². The summed E-state index contributed by atoms with van der Waals surface area (Å²) in [5.74, 6) is -0.185. The van der Waals surface area contributed by atoms with E-state index in [9.17, 15) is 9.59 Å². The zero-order chi connectivity index (χ0) is 27.7. The van der Waals surface area contributed by atoms with Crippen molar-refractivity contribution < 1.29 is 9.59 Å². The highest BCUT2D eigenvalue weighted by Crippen LogP contribution is 2.42. The second-order valence-electron chi connectivity index (χ2n) is 11.2. The minimum Gasteiger partial charge on any atom is -0.351 e. The summed E-state index contributed by atoms with van der Waals surface area (Å²) in [6.07, 6.45) is 8.87. The molecule has 2 amide bonds. The number of hydrogen-bond acceptors (Lipinski definition) is 3. The first kappa shape index (κ1) is 27.3. The molecule has 0 radical (unpaired) electrons. The molecule has 7 heteroatoms. The molecule has 5 nitrogen and oxygen atoms in total. The van der Waals surface area contributed by atoms with E-state index in [0.29, 0.717) is 18.8 Å². The fourth-order valence-electron chi connectivity index (χ4n) is 6.46. The van der Waals surface area contributed by atoms with Crippen LogP contribution in [-0.4, -0.2) is 27.3 Å². The molecule has 208 valence electrons. The minimum atomic E-state index is -1.18. The number of hydrogen-bond donors (Lipinski definition) is 1. The van der Waals surface area contributed by atoms with Gasteiger partial charge in [-0.15, -0.1) is 11.3 Å². The van der Waals surface area contributed by atoms with Gasteiger partial charge in [-0.25, -0.2) is 0 Å². The Hall–Kier alpha value is -2.90. The molecule has 1 unspecified atom stereocenters. The molecule has 1 fully saturated rings. The van der Waals surface area contributed by atoms with Gasteiger partial charge < -0.3 is 14.8 Å². The SMILES string of the molecule is CCc1cc2c(cc3n2CC(C(=O)NC2CCCCCCC2)(c2ccccc2)N(Cc2cccc(Br)c2)C3=O)s1. The highest BCUT2D eigenvalue weighted by atomic mass is 79.9. The van der Waals surface area contributed by atoms with Gasteiger partial charge in [0.05, 0.1) is 16.8 Å². The van der Waals surface area contributed by atoms with E-state index in [2.05, 4.69) is 38.8 Å². The zero-order valence-corrected chi connectivity index (χ0v) is 25.4. The number of fused-ring (bicyclic) bond motifs is 3. The molecule has 2 aromatic carbocycles. The van der Waals surface area contributed by atoms with Crippen LogP contribution in [0.3, 0.4) is 0 Å². The zero-order valence-electron chi connectivity index (χ0n) is 23.0. The van der Waals surface area contributed by atoms with Crippen molar-refractivity contribution in [2.75, 3.05) is 0 Å². The Kier molecular flexibility index (Phi) is 7.87. The fourth-order valence-corrected chi connectivity index (χ4v) is 7.95. The quantitative estimate of drug-likeness (QED) is 0.240. The smallest absolute Gasteiger partial charge is 0.272 e. The number of halogens is 1. The normalized spacial score (nSPS) is 20.2. The average Bonchev–Trinajstić information content (AvgIpc) is 3.50. The van der Waals surface area contributed by atoms with Crippen LogP contribution in [0.2, 0.25) is 0 Å². The highest BCUT2D eigenvalue weighted by molar-refractivity contribution is 9.10. The topological polar surface area (TPSA) is 54.3 Å². The van der Waals surface area contributed by atoms with E-state index in [1.807, 2.05) is 65.6 Å². The third-order valence-corrected chi connectivity index (χ3v) is 10.3. The van der Waals surface area contributed by atoms with Gasteiger partial charge in [-0.1, -0.05) is 97.4 Å². The van der Waals surface area contributed by atoms with Crippen LogP contribution in [-0.2, 0) is 29.8 Å². The van der Waals surface area contributed by atoms with Crippen molar-refractivity contribution in [3.8, 4) is 0 Å². The maximum absolute atomic E-state index is 14.8. The van der Waals surface area contributed by atoms with Crippen molar-refractivity contribution in [2.45, 2.75) is 83.0 Å². The Balaban J connectivity index is 1.51. The lowest BCUT2D eigenvalue weighted by molar-refractivity contribution is -0.136. The molecule has 0 saturated heterocycles. The maximum Gasteiger partial charge on any atom is 0.272 e. The van der Waals surface area contributed by atoms with E-state index in [0.717, 1.165) is 57.9 Å². The lowest BCUT2D eigenvalue weighted by Gasteiger charge is -2.47. The van der Waals surface area contributed by atoms with Crippen molar-refractivity contribution in [3.63, 3.8) is 0 Å². The van der Waals surface area contributed by atoms with Gasteiger partial charge in [-0.05, 0) is 54.7 Å². The van der Waals surface area contributed by atoms with E-state index in [4.69, 9.17) is 0 Å². The molecule has 2 aromatic heterocycles. The van der Waals surface area contributed by atoms with Crippen LogP contribution in [0.1, 0.15) is 78.4 Å². The van der Waals surface area contributed by atoms with Crippen molar-refractivity contribution in [1.82, 2.24) is 14.8 Å². The van der Waals surface area contributed by atoms with Crippen molar-refractivity contribution in [2.24, 2.45) is 0 Å². The average molecular weight is 619 g/mol. The van der Waals surface area contributed by atoms with Crippen LogP contribution in [0.15, 0.2) is 71.2 Å². The number of carbonyl (C=O) groups excluding carboxylic acids is 2. The lowest BCUT2D eigenvalue weighted by atomic mass is 9.83. The Labute approximate surface area is 248 Å². The Morgan fingerprint density at radius 1 is 1.00 bits per heavy atom. The van der Waals surface area contributed by atoms with E-state index < -0.39 is 5.54 Å². The van der Waals surface area contributed by atoms with Crippen LogP contribution in [0, 0.1) is 0 Å². The van der Waals surface area contributed by atoms with Gasteiger partial charge in [0.25, 0.3) is 11.8 Å². The van der Waals surface area contributed by atoms with Crippen LogP contribution < -0.4 is 5.32 Å². The third-order valence-electron chi connectivity index (χ3n) is 8.60. The molecule has 3 heterocycles. The maximum atomic E-state index is 14.8. The second kappa shape index (κ2) is 11.5. The number of aromatic nitrogens is 1. The van der Waals surface area contributed by atoms with Crippen molar-refractivity contribution in [1.29, 1.82) is 0 Å². The predicted molar refractivity (Wildman–Crippen MR) is 166 cm³/mol. The minimum absolute atomic E-state index is 0.0777. The summed E-state index contributed by atoms with van der Waals surface area (Å²) in [5.41, 5.74) is 2.35. The summed E-state index contributed by atoms with van der Waals surface area (Å²) in [6.45, 7) is 2.88. The van der Waals surface area contributed by atoms with Gasteiger partial charge in [0, 0.05) is 21.9 Å². The molecule has 1 N–H and O–H groups in total. The van der Waals surface area contributed by atoms with Gasteiger partial charge in [0.15, 0.2) is 5.54 Å². The predicted octanol–water partition coefficient (Wildman–Crippen LogP) is 7.81. The van der Waals surface area contributed by atoms with Gasteiger partial charge in [0.2, 0.25) is 0 Å². The highest BCUT2D eigenvalue weighted by Gasteiger charge is 2.53. The van der Waals surface area contributed by atoms with Gasteiger partial charge in [0.1, 0.15) is 5.69 Å². The van der Waals surface area contributed by atoms with E-state index in [1.54, 1.807) is 11.3 Å². The summed E-state index contributed by atoms with van der Waals surface area (Å²) in [4.78, 5) is 32.5. The number of carbonyl (C=O) groups is 2. The standard InChI is InChI=1S/C33H36BrN3O2S/c1-2-27-19-28-30(40-27)20-29-31(38)37(21-23-12-11-15-25(34)18-23)33(22-36(28)29,24-13-7-6-8-14-24)32(39)35-26-16-9-4-3-5-10-17-26/h6-8,11-15,18-20,26H,2-5,9-10,16-17,21-22H2,1H3,(H,35,39). The van der Waals surface area contributed by atoms with E-state index in [1.165, 1.54) is 24.1 Å². The van der Waals surface area contributed by atoms with Crippen molar-refractivity contribution in [3.05, 3.63) is 92.9 Å². The number of thiophene rings is 1. The third kappa shape index (κ3) is 5.03. The first-order valence-electron chi connectivity index (χ1n) is 14.5. The van der Waals surface area contributed by atoms with Crippen LogP contribution in [0.4, 0.5) is 0 Å². The molecule has 2 aliphatic rings. The molecule has 6 rings (SSSR count). The summed E-state index contributed by atoms with van der Waals surface area (Å²) in [6, 6.07) is 22.3. The number of nitrogens with one attached hydrogen (secondary N) is 1. The molecule has 40 heavy (non-hydrogen) atoms. The lowest BCUT2D eigenvalue weighted by Crippen LogP contribution is -2.64. The molecule has 4 aromatic rings. The molecule has 0 spiro atoms. The number of aryl methyl sites for hydroxylation is 1. The van der Waals surface area contributed by atoms with Crippen LogP contribution >= 0.6 is 27.3 Å². The van der Waals surface area contributed by atoms with E-state index >= 15 is 0 Å². The second-order valence-corrected chi connectivity index (χ2v) is 13.3. The van der Waals surface area contributed by atoms with Gasteiger partial charge >= 0.3 is 0 Å². The summed E-state index contributed by atoms with van der Waals surface area (Å²) < 4.78 is 4.16. The molecular formula is C33H36BrN3O2S. The first-order valence-corrected chi connectivity index (χ1v) is 16.2. The summed E-state index contributed by atoms with van der Waals surface area (Å²) >= 11 is 5.33. The van der Waals surface area contributed by atoms with Crippen LogP contribution in [0.5, 0.6) is 0 Å². The molecule has 1 aliphatic heterocycles. The Morgan fingerprint density at radius 2 is 1.75 bits per heavy atom. The van der Waals surface area contributed by atoms with Gasteiger partial charge in [-0.2, -0.15) is 0 Å². The number of nitrogens with zero attached hydrogens (tertiary/aromatic N) is 2. The molecular weight excluding hydrogens is 582 g/mol. The number of rotatable bonds is 6. The van der Waals surface area contributed by atoms with E-state index in [-0.39, 0.29) is 17.9 Å². The molecule has 1 aliphatic carbocycles. The summed E-state index contributed by atoms with van der Waals surface area (Å²) in [7, 11) is 0. The van der Waals surface area contributed by atoms with Gasteiger partial charge in [-0.3, -0.25) is 9.59 Å². The van der Waals surface area contributed by atoms with Crippen molar-refractivity contribution >= 4 is 49.3 Å². The largest absolute Gasteiger partial charge is 0.351 e. The number of benzene rings is 2. The Bertz CT molecular complexity index is 1520. The Morgan fingerprint density at radius 3 is 2.48 bits per heavy atom. The first-order chi connectivity index (χ1) is 19.5.